The Morgan fingerprint density at radius 2 is 2.12 bits per heavy atom. The fourth-order valence-corrected chi connectivity index (χ4v) is 2.37. The van der Waals surface area contributed by atoms with Gasteiger partial charge in [-0.15, -0.1) is 0 Å². The highest BCUT2D eigenvalue weighted by molar-refractivity contribution is 5.67. The summed E-state index contributed by atoms with van der Waals surface area (Å²) in [6.45, 7) is 3.40. The Morgan fingerprint density at radius 1 is 1.29 bits per heavy atom. The van der Waals surface area contributed by atoms with Crippen molar-refractivity contribution in [3.63, 3.8) is 0 Å². The fraction of sp³-hybridized carbons (Fsp3) is 0.333. The average molecular weight is 327 g/mol. The second-order valence-electron chi connectivity index (χ2n) is 5.52. The number of methoxy groups -OCH3 is 1. The number of ether oxygens (including phenoxy) is 1. The number of allylic oxidation sites excluding steroid dienone is 1. The number of anilines is 2. The normalized spacial score (nSPS) is 11.4. The molecule has 0 fully saturated rings. The maximum atomic E-state index is 6.14. The largest absolute Gasteiger partial charge is 0.398 e. The molecule has 0 saturated heterocycles. The van der Waals surface area contributed by atoms with Crippen LogP contribution in [-0.2, 0) is 11.2 Å². The first-order valence-corrected chi connectivity index (χ1v) is 7.90. The number of nitrogens with zero attached hydrogens (tertiary/aromatic N) is 2. The van der Waals surface area contributed by atoms with Gasteiger partial charge in [-0.2, -0.15) is 0 Å². The Hall–Kier alpha value is -2.60. The molecule has 128 valence electrons. The summed E-state index contributed by atoms with van der Waals surface area (Å²) >= 11 is 0. The number of benzene rings is 1. The molecule has 0 amide bonds. The maximum absolute atomic E-state index is 6.14. The molecule has 1 aromatic carbocycles. The highest BCUT2D eigenvalue weighted by Crippen LogP contribution is 2.22. The number of hydrogen-bond acceptors (Lipinski definition) is 6. The molecular weight excluding hydrogens is 302 g/mol. The van der Waals surface area contributed by atoms with Gasteiger partial charge in [-0.3, -0.25) is 0 Å². The Balaban J connectivity index is 2.17. The number of rotatable bonds is 8. The molecule has 2 aromatic rings. The SMILES string of the molecule is CN/C=C(\C)c1ccc(N)c(Cc2cc(NCCOC)ncn2)c1. The van der Waals surface area contributed by atoms with Gasteiger partial charge in [-0.25, -0.2) is 9.97 Å². The molecule has 0 aliphatic rings. The lowest BCUT2D eigenvalue weighted by Crippen LogP contribution is -2.09. The van der Waals surface area contributed by atoms with E-state index in [-0.39, 0.29) is 0 Å². The van der Waals surface area contributed by atoms with Gasteiger partial charge in [0.05, 0.1) is 12.3 Å². The third-order valence-electron chi connectivity index (χ3n) is 3.67. The lowest BCUT2D eigenvalue weighted by molar-refractivity contribution is 0.210. The molecule has 0 bridgehead atoms. The Labute approximate surface area is 143 Å². The second-order valence-corrected chi connectivity index (χ2v) is 5.52. The van der Waals surface area contributed by atoms with Gasteiger partial charge in [0.1, 0.15) is 12.1 Å². The molecule has 0 saturated carbocycles. The third-order valence-corrected chi connectivity index (χ3v) is 3.67. The molecule has 4 N–H and O–H groups in total. The van der Waals surface area contributed by atoms with Crippen molar-refractivity contribution in [1.82, 2.24) is 15.3 Å². The molecular formula is C18H25N5O. The van der Waals surface area contributed by atoms with Gasteiger partial charge < -0.3 is 21.1 Å². The molecule has 0 spiro atoms. The Morgan fingerprint density at radius 3 is 2.88 bits per heavy atom. The van der Waals surface area contributed by atoms with Crippen LogP contribution in [0, 0.1) is 0 Å². The first kappa shape index (κ1) is 17.7. The minimum absolute atomic E-state index is 0.630. The molecule has 2 rings (SSSR count). The zero-order valence-electron chi connectivity index (χ0n) is 14.5. The molecule has 0 aliphatic carbocycles. The van der Waals surface area contributed by atoms with E-state index in [0.717, 1.165) is 33.9 Å². The van der Waals surface area contributed by atoms with Crippen LogP contribution in [0.25, 0.3) is 5.57 Å². The summed E-state index contributed by atoms with van der Waals surface area (Å²) in [6, 6.07) is 8.02. The summed E-state index contributed by atoms with van der Waals surface area (Å²) < 4.78 is 5.03. The van der Waals surface area contributed by atoms with Gasteiger partial charge in [0.15, 0.2) is 0 Å². The van der Waals surface area contributed by atoms with Crippen molar-refractivity contribution in [3.05, 3.63) is 53.6 Å². The van der Waals surface area contributed by atoms with Crippen molar-refractivity contribution in [2.75, 3.05) is 38.4 Å². The first-order chi connectivity index (χ1) is 11.6. The molecule has 0 radical (unpaired) electrons. The number of hydrogen-bond donors (Lipinski definition) is 3. The summed E-state index contributed by atoms with van der Waals surface area (Å²) in [6.07, 6.45) is 4.20. The van der Waals surface area contributed by atoms with E-state index in [1.54, 1.807) is 13.4 Å². The zero-order valence-corrected chi connectivity index (χ0v) is 14.5. The van der Waals surface area contributed by atoms with Gasteiger partial charge in [0.25, 0.3) is 0 Å². The quantitative estimate of drug-likeness (QED) is 0.509. The first-order valence-electron chi connectivity index (χ1n) is 7.90. The van der Waals surface area contributed by atoms with Crippen molar-refractivity contribution < 1.29 is 4.74 Å². The second kappa shape index (κ2) is 8.88. The predicted octanol–water partition coefficient (Wildman–Crippen LogP) is 2.29. The summed E-state index contributed by atoms with van der Waals surface area (Å²) in [5.41, 5.74) is 11.2. The maximum Gasteiger partial charge on any atom is 0.129 e. The van der Waals surface area contributed by atoms with Crippen LogP contribution in [0.15, 0.2) is 36.8 Å². The molecule has 1 heterocycles. The standard InChI is InChI=1S/C18H25N5O/c1-13(11-20-2)14-4-5-17(19)15(8-14)9-16-10-18(23-12-22-16)21-6-7-24-3/h4-5,8,10-12,20H,6-7,9,19H2,1-3H3,(H,21,22,23)/b13-11+. The highest BCUT2D eigenvalue weighted by atomic mass is 16.5. The van der Waals surface area contributed by atoms with Crippen molar-refractivity contribution in [1.29, 1.82) is 0 Å². The van der Waals surface area contributed by atoms with Gasteiger partial charge >= 0.3 is 0 Å². The van der Waals surface area contributed by atoms with E-state index in [0.29, 0.717) is 19.6 Å². The average Bonchev–Trinajstić information content (AvgIpc) is 2.58. The summed E-state index contributed by atoms with van der Waals surface area (Å²) in [5.74, 6) is 0.790. The lowest BCUT2D eigenvalue weighted by atomic mass is 10.0. The molecule has 24 heavy (non-hydrogen) atoms. The summed E-state index contributed by atoms with van der Waals surface area (Å²) in [7, 11) is 3.56. The summed E-state index contributed by atoms with van der Waals surface area (Å²) in [4.78, 5) is 8.57. The van der Waals surface area contributed by atoms with E-state index in [1.807, 2.05) is 31.4 Å². The van der Waals surface area contributed by atoms with Crippen molar-refractivity contribution in [2.24, 2.45) is 0 Å². The molecule has 6 nitrogen and oxygen atoms in total. The molecule has 1 aromatic heterocycles. The smallest absolute Gasteiger partial charge is 0.129 e. The van der Waals surface area contributed by atoms with Crippen LogP contribution in [0.3, 0.4) is 0 Å². The number of aromatic nitrogens is 2. The van der Waals surface area contributed by atoms with Gasteiger partial charge in [-0.1, -0.05) is 6.07 Å². The van der Waals surface area contributed by atoms with Crippen LogP contribution in [0.5, 0.6) is 0 Å². The zero-order chi connectivity index (χ0) is 17.4. The highest BCUT2D eigenvalue weighted by Gasteiger charge is 2.06. The number of nitrogens with one attached hydrogen (secondary N) is 2. The van der Waals surface area contributed by atoms with Crippen molar-refractivity contribution >= 4 is 17.1 Å². The van der Waals surface area contributed by atoms with E-state index < -0.39 is 0 Å². The van der Waals surface area contributed by atoms with E-state index in [2.05, 4.69) is 33.6 Å². The van der Waals surface area contributed by atoms with E-state index in [9.17, 15) is 0 Å². The number of nitrogens with two attached hydrogens (primary N) is 1. The fourth-order valence-electron chi connectivity index (χ4n) is 2.37. The Kier molecular flexibility index (Phi) is 6.57. The van der Waals surface area contributed by atoms with Crippen LogP contribution in [0.4, 0.5) is 11.5 Å². The van der Waals surface area contributed by atoms with E-state index in [4.69, 9.17) is 10.5 Å². The van der Waals surface area contributed by atoms with Crippen molar-refractivity contribution in [3.8, 4) is 0 Å². The molecule has 0 atom stereocenters. The van der Waals surface area contributed by atoms with Gasteiger partial charge in [0, 0.05) is 38.9 Å². The van der Waals surface area contributed by atoms with Gasteiger partial charge in [0.2, 0.25) is 0 Å². The molecule has 0 aliphatic heterocycles. The molecule has 0 unspecified atom stereocenters. The predicted molar refractivity (Wildman–Crippen MR) is 98.8 cm³/mol. The van der Waals surface area contributed by atoms with E-state index in [1.165, 1.54) is 0 Å². The van der Waals surface area contributed by atoms with Crippen LogP contribution >= 0.6 is 0 Å². The topological polar surface area (TPSA) is 85.1 Å². The minimum Gasteiger partial charge on any atom is -0.398 e. The van der Waals surface area contributed by atoms with Crippen LogP contribution in [0.2, 0.25) is 0 Å². The van der Waals surface area contributed by atoms with Crippen molar-refractivity contribution in [2.45, 2.75) is 13.3 Å². The van der Waals surface area contributed by atoms with Crippen LogP contribution < -0.4 is 16.4 Å². The van der Waals surface area contributed by atoms with Gasteiger partial charge in [-0.05, 0) is 42.0 Å². The number of nitrogen functional groups attached to an aromatic ring is 1. The lowest BCUT2D eigenvalue weighted by Gasteiger charge is -2.10. The molecule has 6 heteroatoms. The van der Waals surface area contributed by atoms with E-state index >= 15 is 0 Å². The third kappa shape index (κ3) is 4.96. The summed E-state index contributed by atoms with van der Waals surface area (Å²) in [5, 5.41) is 6.26. The monoisotopic (exact) mass is 327 g/mol. The minimum atomic E-state index is 0.630. The van der Waals surface area contributed by atoms with Crippen LogP contribution in [0.1, 0.15) is 23.7 Å². The Bertz CT molecular complexity index is 700. The van der Waals surface area contributed by atoms with Crippen LogP contribution in [-0.4, -0.2) is 37.3 Å².